The van der Waals surface area contributed by atoms with E-state index in [0.29, 0.717) is 0 Å². The van der Waals surface area contributed by atoms with Crippen LogP contribution in [0.3, 0.4) is 0 Å². The van der Waals surface area contributed by atoms with Crippen molar-refractivity contribution in [2.75, 3.05) is 19.5 Å². The number of alkyl halides is 1. The van der Waals surface area contributed by atoms with Crippen LogP contribution in [0.2, 0.25) is 0 Å². The lowest BCUT2D eigenvalue weighted by molar-refractivity contribution is -0.118. The average molecular weight is 229 g/mol. The lowest BCUT2D eigenvalue weighted by Crippen LogP contribution is -2.39. The van der Waals surface area contributed by atoms with E-state index in [1.165, 1.54) is 14.0 Å². The summed E-state index contributed by atoms with van der Waals surface area (Å²) in [4.78, 5) is 10.7. The number of hydrogen-bond donors (Lipinski definition) is 2. The number of sulfonamides is 1. The number of rotatable bonds is 5. The Morgan fingerprint density at radius 2 is 2.08 bits per heavy atom. The average Bonchev–Trinajstić information content (AvgIpc) is 2.13. The van der Waals surface area contributed by atoms with Crippen molar-refractivity contribution in [3.05, 3.63) is 0 Å². The second-order valence-electron chi connectivity index (χ2n) is 2.50. The molecule has 0 rings (SSSR count). The highest BCUT2D eigenvalue weighted by molar-refractivity contribution is 7.90. The molecule has 0 heterocycles. The normalized spacial score (nSPS) is 13.8. The molecule has 0 aliphatic rings. The van der Waals surface area contributed by atoms with Gasteiger partial charge in [-0.2, -0.15) is 0 Å². The molecule has 0 aromatic carbocycles. The first-order chi connectivity index (χ1) is 5.94. The third-order valence-corrected chi connectivity index (χ3v) is 3.56. The quantitative estimate of drug-likeness (QED) is 0.610. The summed E-state index contributed by atoms with van der Waals surface area (Å²) in [5, 5.41) is 1.72. The highest BCUT2D eigenvalue weighted by atomic mass is 35.5. The largest absolute Gasteiger partial charge is 0.354 e. The van der Waals surface area contributed by atoms with Crippen LogP contribution in [0, 0.1) is 0 Å². The zero-order valence-corrected chi connectivity index (χ0v) is 9.07. The molecule has 0 spiro atoms. The van der Waals surface area contributed by atoms with Gasteiger partial charge in [-0.25, -0.2) is 13.1 Å². The maximum absolute atomic E-state index is 11.1. The molecule has 5 nitrogen and oxygen atoms in total. The lowest BCUT2D eigenvalue weighted by atomic mass is 10.4. The Balaban J connectivity index is 4.02. The minimum Gasteiger partial charge on any atom is -0.354 e. The van der Waals surface area contributed by atoms with Crippen molar-refractivity contribution >= 4 is 27.5 Å². The maximum Gasteiger partial charge on any atom is 0.234 e. The minimum atomic E-state index is -3.31. The molecule has 0 unspecified atom stereocenters. The van der Waals surface area contributed by atoms with E-state index in [1.807, 2.05) is 0 Å². The molecular weight excluding hydrogens is 216 g/mol. The first-order valence-electron chi connectivity index (χ1n) is 3.69. The zero-order valence-electron chi connectivity index (χ0n) is 7.50. The number of halogens is 1. The molecule has 0 saturated heterocycles. The third-order valence-electron chi connectivity index (χ3n) is 1.52. The van der Waals surface area contributed by atoms with Crippen molar-refractivity contribution in [1.29, 1.82) is 0 Å². The smallest absolute Gasteiger partial charge is 0.234 e. The van der Waals surface area contributed by atoms with Crippen LogP contribution in [0.4, 0.5) is 0 Å². The Labute approximate surface area is 82.9 Å². The van der Waals surface area contributed by atoms with E-state index in [1.54, 1.807) is 0 Å². The molecule has 0 saturated carbocycles. The van der Waals surface area contributed by atoms with Crippen molar-refractivity contribution in [3.63, 3.8) is 0 Å². The zero-order chi connectivity index (χ0) is 10.5. The van der Waals surface area contributed by atoms with Crippen LogP contribution in [0.25, 0.3) is 0 Å². The van der Waals surface area contributed by atoms with E-state index in [4.69, 9.17) is 11.6 Å². The summed E-state index contributed by atoms with van der Waals surface area (Å²) in [7, 11) is -1.98. The van der Waals surface area contributed by atoms with Gasteiger partial charge in [0.05, 0.1) is 5.25 Å². The standard InChI is InChI=1S/C6H13ClN2O3S/c1-5(13(11,12)8-2)4-9-6(10)3-7/h5,8H,3-4H2,1-2H3,(H,9,10)/t5-/m1/s1. The molecule has 0 aromatic heterocycles. The fourth-order valence-corrected chi connectivity index (χ4v) is 1.42. The second kappa shape index (κ2) is 5.41. The summed E-state index contributed by atoms with van der Waals surface area (Å²) in [6.45, 7) is 1.56. The number of hydrogen-bond acceptors (Lipinski definition) is 3. The number of nitrogens with one attached hydrogen (secondary N) is 2. The lowest BCUT2D eigenvalue weighted by Gasteiger charge is -2.11. The van der Waals surface area contributed by atoms with Crippen LogP contribution in [0.5, 0.6) is 0 Å². The van der Waals surface area contributed by atoms with E-state index in [2.05, 4.69) is 10.0 Å². The van der Waals surface area contributed by atoms with Crippen molar-refractivity contribution < 1.29 is 13.2 Å². The maximum atomic E-state index is 11.1. The van der Waals surface area contributed by atoms with E-state index in [0.717, 1.165) is 0 Å². The first-order valence-corrected chi connectivity index (χ1v) is 5.77. The summed E-state index contributed by atoms with van der Waals surface area (Å²) < 4.78 is 24.4. The van der Waals surface area contributed by atoms with Crippen LogP contribution in [-0.2, 0) is 14.8 Å². The Hall–Kier alpha value is -0.330. The van der Waals surface area contributed by atoms with Gasteiger partial charge in [0, 0.05) is 6.54 Å². The molecule has 0 aliphatic carbocycles. The van der Waals surface area contributed by atoms with Gasteiger partial charge in [0.25, 0.3) is 0 Å². The fraction of sp³-hybridized carbons (Fsp3) is 0.833. The third kappa shape index (κ3) is 4.44. The predicted octanol–water partition coefficient (Wildman–Crippen LogP) is -0.721. The monoisotopic (exact) mass is 228 g/mol. The van der Waals surface area contributed by atoms with Gasteiger partial charge in [0.15, 0.2) is 0 Å². The summed E-state index contributed by atoms with van der Waals surface area (Å²) >= 11 is 5.21. The Morgan fingerprint density at radius 1 is 1.54 bits per heavy atom. The molecule has 13 heavy (non-hydrogen) atoms. The molecule has 0 aromatic rings. The Kier molecular flexibility index (Phi) is 5.27. The van der Waals surface area contributed by atoms with Gasteiger partial charge in [-0.3, -0.25) is 4.79 Å². The molecular formula is C6H13ClN2O3S. The molecule has 0 radical (unpaired) electrons. The van der Waals surface area contributed by atoms with Crippen molar-refractivity contribution in [2.45, 2.75) is 12.2 Å². The molecule has 0 bridgehead atoms. The van der Waals surface area contributed by atoms with Gasteiger partial charge < -0.3 is 5.32 Å². The van der Waals surface area contributed by atoms with Gasteiger partial charge in [0.1, 0.15) is 5.88 Å². The van der Waals surface area contributed by atoms with Crippen LogP contribution in [0.15, 0.2) is 0 Å². The van der Waals surface area contributed by atoms with Gasteiger partial charge in [0.2, 0.25) is 15.9 Å². The van der Waals surface area contributed by atoms with Crippen LogP contribution in [0.1, 0.15) is 6.92 Å². The second-order valence-corrected chi connectivity index (χ2v) is 5.07. The molecule has 1 atom stereocenters. The Morgan fingerprint density at radius 3 is 2.46 bits per heavy atom. The van der Waals surface area contributed by atoms with Gasteiger partial charge >= 0.3 is 0 Å². The van der Waals surface area contributed by atoms with Crippen LogP contribution in [-0.4, -0.2) is 39.0 Å². The fourth-order valence-electron chi connectivity index (χ4n) is 0.616. The predicted molar refractivity (Wildman–Crippen MR) is 51.2 cm³/mol. The van der Waals surface area contributed by atoms with Gasteiger partial charge in [-0.15, -0.1) is 11.6 Å². The molecule has 7 heteroatoms. The van der Waals surface area contributed by atoms with Crippen LogP contribution >= 0.6 is 11.6 Å². The number of carbonyl (C=O) groups is 1. The van der Waals surface area contributed by atoms with Crippen molar-refractivity contribution in [3.8, 4) is 0 Å². The summed E-state index contributed by atoms with van der Waals surface area (Å²) in [5.41, 5.74) is 0. The van der Waals surface area contributed by atoms with Gasteiger partial charge in [-0.05, 0) is 14.0 Å². The molecule has 0 fully saturated rings. The van der Waals surface area contributed by atoms with Crippen molar-refractivity contribution in [1.82, 2.24) is 10.0 Å². The Bertz CT molecular complexity index is 265. The summed E-state index contributed by atoms with van der Waals surface area (Å²) in [6.07, 6.45) is 0. The molecule has 78 valence electrons. The van der Waals surface area contributed by atoms with E-state index in [9.17, 15) is 13.2 Å². The van der Waals surface area contributed by atoms with E-state index in [-0.39, 0.29) is 18.3 Å². The first kappa shape index (κ1) is 12.7. The van der Waals surface area contributed by atoms with Gasteiger partial charge in [-0.1, -0.05) is 0 Å². The highest BCUT2D eigenvalue weighted by Crippen LogP contribution is 1.94. The number of carbonyl (C=O) groups excluding carboxylic acids is 1. The molecule has 1 amide bonds. The van der Waals surface area contributed by atoms with Crippen molar-refractivity contribution in [2.24, 2.45) is 0 Å². The topological polar surface area (TPSA) is 75.3 Å². The highest BCUT2D eigenvalue weighted by Gasteiger charge is 2.18. The molecule has 2 N–H and O–H groups in total. The van der Waals surface area contributed by atoms with E-state index < -0.39 is 15.3 Å². The minimum absolute atomic E-state index is 0.0642. The summed E-state index contributed by atoms with van der Waals surface area (Å²) in [5.74, 6) is -0.536. The summed E-state index contributed by atoms with van der Waals surface area (Å²) in [6, 6.07) is 0. The van der Waals surface area contributed by atoms with E-state index >= 15 is 0 Å². The SMILES string of the molecule is CNS(=O)(=O)[C@H](C)CNC(=O)CCl. The molecule has 0 aliphatic heterocycles. The number of amides is 1. The van der Waals surface area contributed by atoms with Crippen LogP contribution < -0.4 is 10.0 Å².